The lowest BCUT2D eigenvalue weighted by atomic mass is 10.2. The number of fused-ring (bicyclic) bond motifs is 1. The maximum absolute atomic E-state index is 12.7. The Morgan fingerprint density at radius 2 is 2.04 bits per heavy atom. The van der Waals surface area contributed by atoms with Gasteiger partial charge in [-0.3, -0.25) is 9.48 Å². The van der Waals surface area contributed by atoms with Gasteiger partial charge in [0.25, 0.3) is 5.91 Å². The molecule has 1 amide bonds. The first kappa shape index (κ1) is 16.3. The van der Waals surface area contributed by atoms with Crippen molar-refractivity contribution in [3.05, 3.63) is 52.9 Å². The average molecular weight is 355 g/mol. The van der Waals surface area contributed by atoms with E-state index in [1.165, 1.54) is 6.07 Å². The molecule has 0 aliphatic rings. The van der Waals surface area contributed by atoms with Crippen LogP contribution in [0.25, 0.3) is 10.9 Å². The Hall–Kier alpha value is -2.61. The van der Waals surface area contributed by atoms with E-state index in [0.29, 0.717) is 5.52 Å². The van der Waals surface area contributed by atoms with Gasteiger partial charge in [0.1, 0.15) is 11.4 Å². The molecule has 0 atom stereocenters. The molecule has 0 spiro atoms. The van der Waals surface area contributed by atoms with E-state index in [2.05, 4.69) is 15.4 Å². The van der Waals surface area contributed by atoms with Gasteiger partial charge < -0.3 is 5.32 Å². The number of anilines is 1. The standard InChI is InChI=1S/C15H10ClF3N4O/c1-23-7-8-5-12(9(16)6-11(8)22-23)21-14(24)10-3-2-4-13(20-10)15(17,18)19/h2-7H,1H3,(H,21,24). The Balaban J connectivity index is 1.91. The SMILES string of the molecule is Cn1cc2cc(NC(=O)c3cccc(C(F)(F)F)n3)c(Cl)cc2n1. The number of halogens is 4. The van der Waals surface area contributed by atoms with Crippen LogP contribution in [0.15, 0.2) is 36.5 Å². The molecule has 2 aromatic heterocycles. The molecule has 0 aliphatic heterocycles. The summed E-state index contributed by atoms with van der Waals surface area (Å²) in [6, 6.07) is 6.27. The number of carbonyl (C=O) groups excluding carboxylic acids is 1. The van der Waals surface area contributed by atoms with Crippen LogP contribution in [0, 0.1) is 0 Å². The molecule has 0 unspecified atom stereocenters. The van der Waals surface area contributed by atoms with Crippen LogP contribution in [-0.4, -0.2) is 20.7 Å². The van der Waals surface area contributed by atoms with Crippen molar-refractivity contribution in [2.75, 3.05) is 5.32 Å². The second-order valence-electron chi connectivity index (χ2n) is 5.05. The molecule has 3 rings (SSSR count). The molecule has 3 aromatic rings. The third kappa shape index (κ3) is 3.18. The summed E-state index contributed by atoms with van der Waals surface area (Å²) in [5.41, 5.74) is -0.588. The minimum absolute atomic E-state index is 0.224. The lowest BCUT2D eigenvalue weighted by molar-refractivity contribution is -0.141. The lowest BCUT2D eigenvalue weighted by Gasteiger charge is -2.09. The summed E-state index contributed by atoms with van der Waals surface area (Å²) in [5.74, 6) is -0.786. The molecule has 0 saturated carbocycles. The van der Waals surface area contributed by atoms with E-state index in [1.54, 1.807) is 30.1 Å². The van der Waals surface area contributed by atoms with Gasteiger partial charge in [-0.1, -0.05) is 17.7 Å². The van der Waals surface area contributed by atoms with Crippen molar-refractivity contribution in [2.24, 2.45) is 7.05 Å². The number of hydrogen-bond donors (Lipinski definition) is 1. The summed E-state index contributed by atoms with van der Waals surface area (Å²) < 4.78 is 39.6. The average Bonchev–Trinajstić information content (AvgIpc) is 2.86. The van der Waals surface area contributed by atoms with Gasteiger partial charge in [-0.2, -0.15) is 18.3 Å². The van der Waals surface area contributed by atoms with Crippen LogP contribution >= 0.6 is 11.6 Å². The molecule has 2 heterocycles. The zero-order valence-corrected chi connectivity index (χ0v) is 13.0. The van der Waals surface area contributed by atoms with Crippen molar-refractivity contribution < 1.29 is 18.0 Å². The molecule has 1 aromatic carbocycles. The molecule has 5 nitrogen and oxygen atoms in total. The monoisotopic (exact) mass is 354 g/mol. The van der Waals surface area contributed by atoms with E-state index in [-0.39, 0.29) is 16.4 Å². The Kier molecular flexibility index (Phi) is 3.92. The summed E-state index contributed by atoms with van der Waals surface area (Å²) in [6.45, 7) is 0. The number of pyridine rings is 1. The van der Waals surface area contributed by atoms with Gasteiger partial charge in [0.05, 0.1) is 16.2 Å². The second-order valence-corrected chi connectivity index (χ2v) is 5.46. The van der Waals surface area contributed by atoms with E-state index in [9.17, 15) is 18.0 Å². The maximum atomic E-state index is 12.7. The van der Waals surface area contributed by atoms with Crippen LogP contribution in [0.2, 0.25) is 5.02 Å². The summed E-state index contributed by atoms with van der Waals surface area (Å²) >= 11 is 6.08. The highest BCUT2D eigenvalue weighted by atomic mass is 35.5. The van der Waals surface area contributed by atoms with Gasteiger partial charge in [-0.25, -0.2) is 4.98 Å². The number of aryl methyl sites for hydroxylation is 1. The third-order valence-corrected chi connectivity index (χ3v) is 3.54. The van der Waals surface area contributed by atoms with Gasteiger partial charge >= 0.3 is 6.18 Å². The molecule has 1 N–H and O–H groups in total. The van der Waals surface area contributed by atoms with E-state index in [0.717, 1.165) is 17.5 Å². The smallest absolute Gasteiger partial charge is 0.319 e. The van der Waals surface area contributed by atoms with E-state index in [4.69, 9.17) is 11.6 Å². The van der Waals surface area contributed by atoms with Crippen LogP contribution < -0.4 is 5.32 Å². The third-order valence-electron chi connectivity index (χ3n) is 3.23. The number of carbonyl (C=O) groups is 1. The number of alkyl halides is 3. The van der Waals surface area contributed by atoms with Gasteiger partial charge in [-0.15, -0.1) is 0 Å². The number of nitrogens with one attached hydrogen (secondary N) is 1. The van der Waals surface area contributed by atoms with Gasteiger partial charge in [0.2, 0.25) is 0 Å². The zero-order valence-electron chi connectivity index (χ0n) is 12.2. The van der Waals surface area contributed by atoms with Crippen molar-refractivity contribution in [2.45, 2.75) is 6.18 Å². The Labute approximate surface area is 139 Å². The molecular weight excluding hydrogens is 345 g/mol. The van der Waals surface area contributed by atoms with E-state index < -0.39 is 17.8 Å². The number of nitrogens with zero attached hydrogens (tertiary/aromatic N) is 3. The number of rotatable bonds is 2. The Morgan fingerprint density at radius 3 is 2.75 bits per heavy atom. The topological polar surface area (TPSA) is 59.8 Å². The fourth-order valence-electron chi connectivity index (χ4n) is 2.17. The van der Waals surface area contributed by atoms with Crippen molar-refractivity contribution in [1.82, 2.24) is 14.8 Å². The minimum atomic E-state index is -4.62. The molecule has 124 valence electrons. The van der Waals surface area contributed by atoms with E-state index >= 15 is 0 Å². The highest BCUT2D eigenvalue weighted by molar-refractivity contribution is 6.34. The second kappa shape index (κ2) is 5.79. The maximum Gasteiger partial charge on any atom is 0.433 e. The first-order valence-corrected chi connectivity index (χ1v) is 7.10. The first-order valence-electron chi connectivity index (χ1n) is 6.72. The van der Waals surface area contributed by atoms with Crippen molar-refractivity contribution in [3.8, 4) is 0 Å². The summed E-state index contributed by atoms with van der Waals surface area (Å²) in [6.07, 6.45) is -2.90. The first-order chi connectivity index (χ1) is 11.2. The fraction of sp³-hybridized carbons (Fsp3) is 0.133. The van der Waals surface area contributed by atoms with Gasteiger partial charge in [0.15, 0.2) is 0 Å². The summed E-state index contributed by atoms with van der Waals surface area (Å²) in [4.78, 5) is 15.5. The highest BCUT2D eigenvalue weighted by Gasteiger charge is 2.33. The highest BCUT2D eigenvalue weighted by Crippen LogP contribution is 2.29. The Morgan fingerprint density at radius 1 is 1.29 bits per heavy atom. The molecule has 0 fully saturated rings. The fourth-order valence-corrected chi connectivity index (χ4v) is 2.38. The summed E-state index contributed by atoms with van der Waals surface area (Å²) in [5, 5.41) is 7.60. The van der Waals surface area contributed by atoms with Crippen molar-refractivity contribution in [1.29, 1.82) is 0 Å². The van der Waals surface area contributed by atoms with Crippen LogP contribution in [0.1, 0.15) is 16.2 Å². The predicted octanol–water partition coefficient (Wildman–Crippen LogP) is 3.89. The molecule has 0 radical (unpaired) electrons. The van der Waals surface area contributed by atoms with Crippen LogP contribution in [0.5, 0.6) is 0 Å². The lowest BCUT2D eigenvalue weighted by Crippen LogP contribution is -2.17. The quantitative estimate of drug-likeness (QED) is 0.759. The number of benzene rings is 1. The van der Waals surface area contributed by atoms with Crippen molar-refractivity contribution in [3.63, 3.8) is 0 Å². The molecule has 24 heavy (non-hydrogen) atoms. The molecule has 0 saturated heterocycles. The van der Waals surface area contributed by atoms with Crippen LogP contribution in [-0.2, 0) is 13.2 Å². The van der Waals surface area contributed by atoms with Gasteiger partial charge in [0, 0.05) is 18.6 Å². The molecule has 9 heteroatoms. The normalized spacial score (nSPS) is 11.7. The predicted molar refractivity (Wildman–Crippen MR) is 82.9 cm³/mol. The van der Waals surface area contributed by atoms with E-state index in [1.807, 2.05) is 0 Å². The molecular formula is C15H10ClF3N4O. The number of aromatic nitrogens is 3. The van der Waals surface area contributed by atoms with Crippen LogP contribution in [0.4, 0.5) is 18.9 Å². The summed E-state index contributed by atoms with van der Waals surface area (Å²) in [7, 11) is 1.73. The van der Waals surface area contributed by atoms with Crippen LogP contribution in [0.3, 0.4) is 0 Å². The zero-order chi connectivity index (χ0) is 17.5. The van der Waals surface area contributed by atoms with Crippen molar-refractivity contribution >= 4 is 34.1 Å². The molecule has 0 bridgehead atoms. The number of amides is 1. The number of hydrogen-bond acceptors (Lipinski definition) is 3. The van der Waals surface area contributed by atoms with Gasteiger partial charge in [-0.05, 0) is 24.3 Å². The minimum Gasteiger partial charge on any atom is -0.319 e. The molecule has 0 aliphatic carbocycles. The largest absolute Gasteiger partial charge is 0.433 e. The Bertz CT molecular complexity index is 936.